The molecule has 2 atom stereocenters. The van der Waals surface area contributed by atoms with Crippen LogP contribution in [0.25, 0.3) is 0 Å². The van der Waals surface area contributed by atoms with E-state index in [0.717, 1.165) is 24.9 Å². The Kier molecular flexibility index (Phi) is 6.93. The summed E-state index contributed by atoms with van der Waals surface area (Å²) in [5.74, 6) is 2.15. The molecule has 2 unspecified atom stereocenters. The van der Waals surface area contributed by atoms with E-state index in [1.165, 1.54) is 50.5 Å². The molecule has 0 amide bonds. The lowest BCUT2D eigenvalue weighted by Gasteiger charge is -2.28. The van der Waals surface area contributed by atoms with Crippen LogP contribution in [-0.4, -0.2) is 12.7 Å². The van der Waals surface area contributed by atoms with Gasteiger partial charge in [-0.15, -0.1) is 6.58 Å². The maximum Gasteiger partial charge on any atom is 0.0753 e. The van der Waals surface area contributed by atoms with Crippen LogP contribution in [0.4, 0.5) is 0 Å². The van der Waals surface area contributed by atoms with Crippen LogP contribution in [0.3, 0.4) is 0 Å². The van der Waals surface area contributed by atoms with Gasteiger partial charge < -0.3 is 4.74 Å². The first-order chi connectivity index (χ1) is 12.3. The van der Waals surface area contributed by atoms with Crippen LogP contribution in [0.15, 0.2) is 49.1 Å². The van der Waals surface area contributed by atoms with Gasteiger partial charge in [0.15, 0.2) is 0 Å². The predicted octanol–water partition coefficient (Wildman–Crippen LogP) is 6.45. The van der Waals surface area contributed by atoms with Gasteiger partial charge in [0.1, 0.15) is 0 Å². The van der Waals surface area contributed by atoms with Crippen LogP contribution in [0, 0.1) is 11.8 Å². The third-order valence-electron chi connectivity index (χ3n) is 6.03. The molecular weight excluding hydrogens is 304 g/mol. The molecule has 1 aromatic carbocycles. The van der Waals surface area contributed by atoms with Gasteiger partial charge in [0.05, 0.1) is 12.7 Å². The Bertz CT molecular complexity index is 540. The van der Waals surface area contributed by atoms with Crippen LogP contribution in [0.2, 0.25) is 0 Å². The molecule has 2 fully saturated rings. The molecule has 136 valence electrons. The van der Waals surface area contributed by atoms with Crippen molar-refractivity contribution >= 4 is 0 Å². The van der Waals surface area contributed by atoms with Gasteiger partial charge in [0, 0.05) is 5.92 Å². The van der Waals surface area contributed by atoms with E-state index in [0.29, 0.717) is 5.92 Å². The summed E-state index contributed by atoms with van der Waals surface area (Å²) in [6, 6.07) is 9.43. The molecule has 3 rings (SSSR count). The number of hydrogen-bond donors (Lipinski definition) is 0. The third kappa shape index (κ3) is 5.31. The van der Waals surface area contributed by atoms with Gasteiger partial charge in [0.2, 0.25) is 0 Å². The summed E-state index contributed by atoms with van der Waals surface area (Å²) in [5, 5.41) is 0. The van der Waals surface area contributed by atoms with E-state index in [9.17, 15) is 0 Å². The lowest BCUT2D eigenvalue weighted by atomic mass is 9.78. The van der Waals surface area contributed by atoms with E-state index in [4.69, 9.17) is 4.74 Å². The smallest absolute Gasteiger partial charge is 0.0753 e. The lowest BCUT2D eigenvalue weighted by molar-refractivity contribution is 0.0245. The van der Waals surface area contributed by atoms with Gasteiger partial charge in [-0.25, -0.2) is 0 Å². The molecule has 1 saturated carbocycles. The minimum Gasteiger partial charge on any atom is -0.374 e. The Morgan fingerprint density at radius 3 is 2.24 bits per heavy atom. The normalized spacial score (nSPS) is 30.4. The summed E-state index contributed by atoms with van der Waals surface area (Å²) in [5.41, 5.74) is 3.04. The van der Waals surface area contributed by atoms with Crippen molar-refractivity contribution in [1.82, 2.24) is 0 Å². The average molecular weight is 339 g/mol. The molecule has 1 aliphatic heterocycles. The van der Waals surface area contributed by atoms with Crippen LogP contribution in [-0.2, 0) is 11.2 Å². The second-order valence-corrected chi connectivity index (χ2v) is 7.93. The van der Waals surface area contributed by atoms with Crippen molar-refractivity contribution in [3.63, 3.8) is 0 Å². The van der Waals surface area contributed by atoms with Gasteiger partial charge in [-0.3, -0.25) is 0 Å². The number of aryl methyl sites for hydroxylation is 1. The highest BCUT2D eigenvalue weighted by molar-refractivity contribution is 5.26. The van der Waals surface area contributed by atoms with Crippen molar-refractivity contribution in [3.8, 4) is 0 Å². The third-order valence-corrected chi connectivity index (χ3v) is 6.03. The van der Waals surface area contributed by atoms with Gasteiger partial charge in [-0.05, 0) is 67.9 Å². The maximum atomic E-state index is 5.81. The van der Waals surface area contributed by atoms with Crippen LogP contribution in [0.1, 0.15) is 68.9 Å². The molecule has 0 bridgehead atoms. The van der Waals surface area contributed by atoms with Crippen LogP contribution >= 0.6 is 0 Å². The lowest BCUT2D eigenvalue weighted by Crippen LogP contribution is -2.23. The topological polar surface area (TPSA) is 9.23 Å². The van der Waals surface area contributed by atoms with E-state index < -0.39 is 0 Å². The Morgan fingerprint density at radius 1 is 0.960 bits per heavy atom. The summed E-state index contributed by atoms with van der Waals surface area (Å²) in [6.45, 7) is 6.95. The second-order valence-electron chi connectivity index (χ2n) is 7.93. The fourth-order valence-corrected chi connectivity index (χ4v) is 4.33. The predicted molar refractivity (Wildman–Crippen MR) is 107 cm³/mol. The van der Waals surface area contributed by atoms with Gasteiger partial charge in [0.25, 0.3) is 0 Å². The average Bonchev–Trinajstić information content (AvgIpc) is 2.68. The molecule has 2 aliphatic rings. The molecule has 1 heteroatoms. The van der Waals surface area contributed by atoms with Crippen molar-refractivity contribution < 1.29 is 4.74 Å². The maximum absolute atomic E-state index is 5.81. The quantitative estimate of drug-likeness (QED) is 0.542. The highest BCUT2D eigenvalue weighted by Crippen LogP contribution is 2.36. The number of hydrogen-bond acceptors (Lipinski definition) is 1. The molecule has 1 aromatic rings. The Balaban J connectivity index is 1.44. The molecule has 1 heterocycles. The Morgan fingerprint density at radius 2 is 1.64 bits per heavy atom. The second kappa shape index (κ2) is 9.38. The summed E-state index contributed by atoms with van der Waals surface area (Å²) in [4.78, 5) is 0. The summed E-state index contributed by atoms with van der Waals surface area (Å²) in [7, 11) is 0. The minimum absolute atomic E-state index is 0.281. The molecule has 1 aliphatic carbocycles. The largest absolute Gasteiger partial charge is 0.374 e. The Hall–Kier alpha value is -1.34. The van der Waals surface area contributed by atoms with E-state index in [-0.39, 0.29) is 6.10 Å². The minimum atomic E-state index is 0.281. The molecular formula is C24H34O. The number of rotatable bonds is 6. The Labute approximate surface area is 154 Å². The molecule has 25 heavy (non-hydrogen) atoms. The number of allylic oxidation sites excluding steroid dienone is 1. The monoisotopic (exact) mass is 338 g/mol. The van der Waals surface area contributed by atoms with Crippen molar-refractivity contribution in [3.05, 3.63) is 60.2 Å². The molecule has 0 aromatic heterocycles. The van der Waals surface area contributed by atoms with Crippen LogP contribution < -0.4 is 0 Å². The summed E-state index contributed by atoms with van der Waals surface area (Å²) in [6.07, 6.45) is 17.3. The highest BCUT2D eigenvalue weighted by Gasteiger charge is 2.22. The van der Waals surface area contributed by atoms with Crippen molar-refractivity contribution in [2.75, 3.05) is 6.61 Å². The SMILES string of the molecule is C=CC1CCC(C=CC2CCC(c3ccc(CCC)cc3)CC2)CO1. The van der Waals surface area contributed by atoms with Gasteiger partial charge in [-0.2, -0.15) is 0 Å². The van der Waals surface area contributed by atoms with Crippen molar-refractivity contribution in [1.29, 1.82) is 0 Å². The number of benzene rings is 1. The van der Waals surface area contributed by atoms with E-state index in [1.54, 1.807) is 5.56 Å². The van der Waals surface area contributed by atoms with Crippen molar-refractivity contribution in [2.45, 2.75) is 70.3 Å². The van der Waals surface area contributed by atoms with Gasteiger partial charge in [-0.1, -0.05) is 55.8 Å². The summed E-state index contributed by atoms with van der Waals surface area (Å²) < 4.78 is 5.81. The van der Waals surface area contributed by atoms with Gasteiger partial charge >= 0.3 is 0 Å². The fourth-order valence-electron chi connectivity index (χ4n) is 4.33. The molecule has 0 radical (unpaired) electrons. The first kappa shape index (κ1) is 18.5. The fraction of sp³-hybridized carbons (Fsp3) is 0.583. The van der Waals surface area contributed by atoms with E-state index in [1.807, 2.05) is 6.08 Å². The highest BCUT2D eigenvalue weighted by atomic mass is 16.5. The molecule has 1 nitrogen and oxygen atoms in total. The van der Waals surface area contributed by atoms with E-state index >= 15 is 0 Å². The van der Waals surface area contributed by atoms with Crippen molar-refractivity contribution in [2.24, 2.45) is 11.8 Å². The standard InChI is InChI=1S/C24H34O/c1-3-5-19-8-13-22(14-9-19)23-15-10-20(11-16-23)6-7-21-12-17-24(4-2)25-18-21/h4,6-9,13-14,20-21,23-24H,2-3,5,10-12,15-18H2,1H3. The molecule has 1 saturated heterocycles. The molecule has 0 spiro atoms. The zero-order chi connectivity index (χ0) is 17.5. The number of ether oxygens (including phenoxy) is 1. The summed E-state index contributed by atoms with van der Waals surface area (Å²) >= 11 is 0. The van der Waals surface area contributed by atoms with E-state index in [2.05, 4.69) is 49.9 Å². The first-order valence-electron chi connectivity index (χ1n) is 10.3. The van der Waals surface area contributed by atoms with Crippen LogP contribution in [0.5, 0.6) is 0 Å². The molecule has 0 N–H and O–H groups in total. The zero-order valence-electron chi connectivity index (χ0n) is 15.8. The zero-order valence-corrected chi connectivity index (χ0v) is 15.8. The first-order valence-corrected chi connectivity index (χ1v) is 10.3.